The number of nitrogens with one attached hydrogen (secondary N) is 3. The fourth-order valence-electron chi connectivity index (χ4n) is 1.78. The largest absolute Gasteiger partial charge is 0.464 e. The molecule has 0 bridgehead atoms. The Morgan fingerprint density at radius 3 is 2.95 bits per heavy atom. The molecule has 0 saturated heterocycles. The van der Waals surface area contributed by atoms with Crippen molar-refractivity contribution in [1.29, 1.82) is 0 Å². The van der Waals surface area contributed by atoms with E-state index >= 15 is 0 Å². The summed E-state index contributed by atoms with van der Waals surface area (Å²) in [5.41, 5.74) is 1.20. The highest BCUT2D eigenvalue weighted by Gasteiger charge is 2.17. The van der Waals surface area contributed by atoms with Gasteiger partial charge < -0.3 is 20.4 Å². The number of nitrogens with zero attached hydrogens (tertiary/aromatic N) is 3. The minimum absolute atomic E-state index is 0.327. The molecule has 0 amide bonds. The second kappa shape index (κ2) is 6.87. The van der Waals surface area contributed by atoms with Crippen LogP contribution >= 0.6 is 0 Å². The first-order valence-electron chi connectivity index (χ1n) is 7.03. The zero-order chi connectivity index (χ0) is 15.2. The third kappa shape index (κ3) is 3.59. The summed E-state index contributed by atoms with van der Waals surface area (Å²) in [6, 6.07) is -0.509. The van der Waals surface area contributed by atoms with Gasteiger partial charge in [0.05, 0.1) is 12.9 Å². The summed E-state index contributed by atoms with van der Waals surface area (Å²) >= 11 is 0. The van der Waals surface area contributed by atoms with Crippen molar-refractivity contribution in [2.75, 3.05) is 23.8 Å². The predicted octanol–water partition coefficient (Wildman–Crippen LogP) is 1.54. The van der Waals surface area contributed by atoms with E-state index in [-0.39, 0.29) is 5.97 Å². The van der Waals surface area contributed by atoms with Crippen molar-refractivity contribution in [1.82, 2.24) is 19.9 Å². The normalized spacial score (nSPS) is 12.1. The summed E-state index contributed by atoms with van der Waals surface area (Å²) in [7, 11) is 0. The monoisotopic (exact) mass is 292 g/mol. The first-order chi connectivity index (χ1) is 10.2. The van der Waals surface area contributed by atoms with Gasteiger partial charge in [-0.25, -0.2) is 9.78 Å². The number of aromatic amines is 1. The van der Waals surface area contributed by atoms with Gasteiger partial charge in [-0.2, -0.15) is 9.97 Å². The fourth-order valence-corrected chi connectivity index (χ4v) is 1.78. The molecule has 0 saturated carbocycles. The molecule has 2 rings (SSSR count). The van der Waals surface area contributed by atoms with Crippen LogP contribution in [0.25, 0.3) is 11.2 Å². The number of anilines is 2. The summed E-state index contributed by atoms with van der Waals surface area (Å²) in [5.74, 6) is 0.679. The third-order valence-electron chi connectivity index (χ3n) is 2.81. The number of imidazole rings is 1. The lowest BCUT2D eigenvalue weighted by molar-refractivity contribution is -0.143. The summed E-state index contributed by atoms with van der Waals surface area (Å²) in [5, 5.41) is 6.15. The van der Waals surface area contributed by atoms with Crippen LogP contribution in [0.3, 0.4) is 0 Å². The average Bonchev–Trinajstić information content (AvgIpc) is 2.93. The molecule has 0 fully saturated rings. The molecule has 0 aliphatic rings. The van der Waals surface area contributed by atoms with Crippen molar-refractivity contribution in [2.45, 2.75) is 33.2 Å². The highest BCUT2D eigenvalue weighted by molar-refractivity contribution is 5.87. The molecular weight excluding hydrogens is 272 g/mol. The van der Waals surface area contributed by atoms with Gasteiger partial charge >= 0.3 is 5.97 Å². The number of carbonyl (C=O) groups excluding carboxylic acids is 1. The van der Waals surface area contributed by atoms with E-state index < -0.39 is 6.04 Å². The number of ether oxygens (including phenoxy) is 1. The molecule has 0 aromatic carbocycles. The second-order valence-corrected chi connectivity index (χ2v) is 4.54. The van der Waals surface area contributed by atoms with Gasteiger partial charge in [-0.3, -0.25) is 0 Å². The molecule has 0 aliphatic heterocycles. The van der Waals surface area contributed by atoms with E-state index in [1.165, 1.54) is 0 Å². The van der Waals surface area contributed by atoms with Gasteiger partial charge in [0.1, 0.15) is 11.6 Å². The Hall–Kier alpha value is -2.38. The number of rotatable bonds is 7. The number of fused-ring (bicyclic) bond motifs is 1. The van der Waals surface area contributed by atoms with E-state index in [0.717, 1.165) is 13.0 Å². The van der Waals surface area contributed by atoms with Crippen LogP contribution in [0.1, 0.15) is 27.2 Å². The maximum Gasteiger partial charge on any atom is 0.328 e. The van der Waals surface area contributed by atoms with E-state index in [1.807, 2.05) is 0 Å². The molecule has 2 heterocycles. The Morgan fingerprint density at radius 2 is 2.24 bits per heavy atom. The van der Waals surface area contributed by atoms with Crippen molar-refractivity contribution in [3.05, 3.63) is 6.33 Å². The molecule has 2 aromatic heterocycles. The third-order valence-corrected chi connectivity index (χ3v) is 2.81. The van der Waals surface area contributed by atoms with Crippen LogP contribution < -0.4 is 10.6 Å². The minimum atomic E-state index is -0.509. The number of H-pyrrole nitrogens is 1. The van der Waals surface area contributed by atoms with Crippen LogP contribution in [0.2, 0.25) is 0 Å². The molecular formula is C13H20N6O2. The van der Waals surface area contributed by atoms with Crippen molar-refractivity contribution in [2.24, 2.45) is 0 Å². The number of hydrogen-bond donors (Lipinski definition) is 3. The van der Waals surface area contributed by atoms with Crippen LogP contribution in [0, 0.1) is 0 Å². The van der Waals surface area contributed by atoms with Crippen LogP contribution in [0.5, 0.6) is 0 Å². The van der Waals surface area contributed by atoms with Crippen LogP contribution in [-0.4, -0.2) is 45.1 Å². The topological polar surface area (TPSA) is 105 Å². The summed E-state index contributed by atoms with van der Waals surface area (Å²) in [4.78, 5) is 27.5. The Balaban J connectivity index is 2.24. The van der Waals surface area contributed by atoms with E-state index in [0.29, 0.717) is 29.5 Å². The molecule has 3 N–H and O–H groups in total. The molecule has 0 aliphatic carbocycles. The van der Waals surface area contributed by atoms with E-state index in [2.05, 4.69) is 37.5 Å². The van der Waals surface area contributed by atoms with Gasteiger partial charge in [-0.1, -0.05) is 6.92 Å². The van der Waals surface area contributed by atoms with Crippen molar-refractivity contribution < 1.29 is 9.53 Å². The molecule has 2 aromatic rings. The molecule has 114 valence electrons. The van der Waals surface area contributed by atoms with Crippen LogP contribution in [0.4, 0.5) is 11.8 Å². The van der Waals surface area contributed by atoms with Crippen LogP contribution in [0.15, 0.2) is 6.33 Å². The van der Waals surface area contributed by atoms with Crippen molar-refractivity contribution in [3.63, 3.8) is 0 Å². The van der Waals surface area contributed by atoms with Gasteiger partial charge in [0.15, 0.2) is 11.5 Å². The van der Waals surface area contributed by atoms with Gasteiger partial charge in [0, 0.05) is 6.54 Å². The number of hydrogen-bond acceptors (Lipinski definition) is 7. The lowest BCUT2D eigenvalue weighted by Crippen LogP contribution is -2.28. The standard InChI is InChI=1S/C13H20N6O2/c1-4-6-14-13-18-10-9(15-7-16-10)11(19-13)17-8(3)12(20)21-5-2/h7-8H,4-6H2,1-3H3,(H3,14,15,16,17,18,19). The summed E-state index contributed by atoms with van der Waals surface area (Å²) < 4.78 is 4.98. The smallest absolute Gasteiger partial charge is 0.328 e. The van der Waals surface area contributed by atoms with Gasteiger partial charge in [0.25, 0.3) is 0 Å². The molecule has 0 spiro atoms. The lowest BCUT2D eigenvalue weighted by Gasteiger charge is -2.14. The van der Waals surface area contributed by atoms with E-state index in [4.69, 9.17) is 4.74 Å². The molecule has 0 radical (unpaired) electrons. The quantitative estimate of drug-likeness (QED) is 0.665. The summed E-state index contributed by atoms with van der Waals surface area (Å²) in [6.07, 6.45) is 2.51. The molecule has 1 unspecified atom stereocenters. The molecule has 8 heteroatoms. The van der Waals surface area contributed by atoms with Crippen molar-refractivity contribution in [3.8, 4) is 0 Å². The Labute approximate surface area is 122 Å². The summed E-state index contributed by atoms with van der Waals surface area (Å²) in [6.45, 7) is 6.67. The Morgan fingerprint density at radius 1 is 1.43 bits per heavy atom. The maximum atomic E-state index is 11.7. The minimum Gasteiger partial charge on any atom is -0.464 e. The highest BCUT2D eigenvalue weighted by atomic mass is 16.5. The van der Waals surface area contributed by atoms with E-state index in [9.17, 15) is 4.79 Å². The zero-order valence-electron chi connectivity index (χ0n) is 12.4. The van der Waals surface area contributed by atoms with Gasteiger partial charge in [-0.15, -0.1) is 0 Å². The number of esters is 1. The molecule has 1 atom stereocenters. The second-order valence-electron chi connectivity index (χ2n) is 4.54. The van der Waals surface area contributed by atoms with Gasteiger partial charge in [0.2, 0.25) is 5.95 Å². The van der Waals surface area contributed by atoms with Crippen LogP contribution in [-0.2, 0) is 9.53 Å². The van der Waals surface area contributed by atoms with E-state index in [1.54, 1.807) is 20.2 Å². The number of carbonyl (C=O) groups is 1. The highest BCUT2D eigenvalue weighted by Crippen LogP contribution is 2.19. The molecule has 21 heavy (non-hydrogen) atoms. The SMILES string of the molecule is CCCNc1nc(NC(C)C(=O)OCC)c2[nH]cnc2n1. The molecule has 8 nitrogen and oxygen atoms in total. The first kappa shape index (κ1) is 15.0. The number of aromatic nitrogens is 4. The zero-order valence-corrected chi connectivity index (χ0v) is 12.4. The average molecular weight is 292 g/mol. The fraction of sp³-hybridized carbons (Fsp3) is 0.538. The van der Waals surface area contributed by atoms with Crippen molar-refractivity contribution >= 4 is 28.9 Å². The van der Waals surface area contributed by atoms with Gasteiger partial charge in [-0.05, 0) is 20.3 Å². The Kier molecular flexibility index (Phi) is 4.91. The Bertz CT molecular complexity index is 612. The first-order valence-corrected chi connectivity index (χ1v) is 7.03. The predicted molar refractivity (Wildman–Crippen MR) is 80.2 cm³/mol. The maximum absolute atomic E-state index is 11.7. The lowest BCUT2D eigenvalue weighted by atomic mass is 10.3.